The summed E-state index contributed by atoms with van der Waals surface area (Å²) in [4.78, 5) is 22.2. The van der Waals surface area contributed by atoms with Gasteiger partial charge < -0.3 is 9.64 Å². The molecule has 2 aromatic rings. The number of nitro groups is 2. The molecule has 0 aliphatic rings. The van der Waals surface area contributed by atoms with Crippen molar-refractivity contribution in [3.05, 3.63) is 68.8 Å². The third-order valence-corrected chi connectivity index (χ3v) is 3.22. The van der Waals surface area contributed by atoms with Crippen LogP contribution in [0.4, 0.5) is 17.1 Å². The predicted octanol–water partition coefficient (Wildman–Crippen LogP) is 3.02. The molecule has 0 aliphatic carbocycles. The molecule has 0 unspecified atom stereocenters. The third-order valence-electron chi connectivity index (χ3n) is 3.22. The van der Waals surface area contributed by atoms with E-state index in [9.17, 15) is 20.2 Å². The predicted molar refractivity (Wildman–Crippen MR) is 85.0 cm³/mol. The molecule has 0 spiro atoms. The van der Waals surface area contributed by atoms with Gasteiger partial charge in [0.15, 0.2) is 0 Å². The lowest BCUT2D eigenvalue weighted by Gasteiger charge is -2.19. The molecular weight excluding hydrogens is 302 g/mol. The minimum atomic E-state index is -0.657. The smallest absolute Gasteiger partial charge is 0.299 e. The summed E-state index contributed by atoms with van der Waals surface area (Å²) in [7, 11) is 1.67. The highest BCUT2D eigenvalue weighted by molar-refractivity contribution is 5.66. The van der Waals surface area contributed by atoms with Crippen molar-refractivity contribution in [3.8, 4) is 5.75 Å². The fraction of sp³-hybridized carbons (Fsp3) is 0.200. The van der Waals surface area contributed by atoms with E-state index in [2.05, 4.69) is 0 Å². The second-order valence-electron chi connectivity index (χ2n) is 4.77. The Bertz CT molecular complexity index is 706. The zero-order valence-corrected chi connectivity index (χ0v) is 12.4. The van der Waals surface area contributed by atoms with Crippen LogP contribution in [-0.4, -0.2) is 30.0 Å². The quantitative estimate of drug-likeness (QED) is 0.575. The number of rotatable bonds is 7. The fourth-order valence-electron chi connectivity index (χ4n) is 2.03. The van der Waals surface area contributed by atoms with E-state index in [1.807, 2.05) is 30.3 Å². The number of hydrogen-bond acceptors (Lipinski definition) is 6. The minimum Gasteiger partial charge on any atom is -0.492 e. The maximum Gasteiger partial charge on any atom is 0.299 e. The molecular formula is C15H15N3O5. The van der Waals surface area contributed by atoms with Gasteiger partial charge in [0.05, 0.1) is 22.5 Å². The zero-order chi connectivity index (χ0) is 16.8. The summed E-state index contributed by atoms with van der Waals surface area (Å²) in [6.07, 6.45) is 0. The molecule has 120 valence electrons. The Morgan fingerprint density at radius 1 is 1.04 bits per heavy atom. The molecule has 2 aromatic carbocycles. The average molecular weight is 317 g/mol. The minimum absolute atomic E-state index is 0.303. The highest BCUT2D eigenvalue weighted by atomic mass is 16.6. The molecule has 8 heteroatoms. The number of benzene rings is 2. The number of hydrogen-bond donors (Lipinski definition) is 0. The lowest BCUT2D eigenvalue weighted by molar-refractivity contribution is -0.393. The standard InChI is InChI=1S/C15H15N3O5/c1-16(9-10-23-13-5-3-2-4-6-13)14-8-7-12(17(19)20)11-15(14)18(21)22/h2-8,11H,9-10H2,1H3. The average Bonchev–Trinajstić information content (AvgIpc) is 2.55. The molecule has 0 radical (unpaired) electrons. The number of anilines is 1. The first-order valence-electron chi connectivity index (χ1n) is 6.81. The van der Waals surface area contributed by atoms with Crippen LogP contribution < -0.4 is 9.64 Å². The van der Waals surface area contributed by atoms with Crippen LogP contribution in [0.1, 0.15) is 0 Å². The van der Waals surface area contributed by atoms with Crippen LogP contribution >= 0.6 is 0 Å². The highest BCUT2D eigenvalue weighted by Gasteiger charge is 2.21. The molecule has 0 heterocycles. The largest absolute Gasteiger partial charge is 0.492 e. The molecule has 0 saturated heterocycles. The van der Waals surface area contributed by atoms with Crippen LogP contribution in [0, 0.1) is 20.2 Å². The normalized spacial score (nSPS) is 10.1. The molecule has 0 atom stereocenters. The van der Waals surface area contributed by atoms with Gasteiger partial charge in [0.25, 0.3) is 11.4 Å². The van der Waals surface area contributed by atoms with E-state index < -0.39 is 9.85 Å². The molecule has 0 aromatic heterocycles. The number of ether oxygens (including phenoxy) is 1. The Kier molecular flexibility index (Phi) is 5.08. The summed E-state index contributed by atoms with van der Waals surface area (Å²) < 4.78 is 5.54. The summed E-state index contributed by atoms with van der Waals surface area (Å²) in [5.41, 5.74) is -0.312. The highest BCUT2D eigenvalue weighted by Crippen LogP contribution is 2.31. The Morgan fingerprint density at radius 3 is 2.35 bits per heavy atom. The van der Waals surface area contributed by atoms with Crippen molar-refractivity contribution >= 4 is 17.1 Å². The number of non-ortho nitro benzene ring substituents is 1. The van der Waals surface area contributed by atoms with Crippen molar-refractivity contribution in [1.82, 2.24) is 0 Å². The van der Waals surface area contributed by atoms with Gasteiger partial charge in [-0.2, -0.15) is 0 Å². The number of nitro benzene ring substituents is 2. The van der Waals surface area contributed by atoms with Gasteiger partial charge in [-0.3, -0.25) is 20.2 Å². The summed E-state index contributed by atoms with van der Waals surface area (Å²) in [5.74, 6) is 0.707. The first-order chi connectivity index (χ1) is 11.0. The molecule has 0 N–H and O–H groups in total. The van der Waals surface area contributed by atoms with Gasteiger partial charge in [-0.1, -0.05) is 18.2 Å². The Morgan fingerprint density at radius 2 is 1.74 bits per heavy atom. The molecule has 0 aliphatic heterocycles. The SMILES string of the molecule is CN(CCOc1ccccc1)c1ccc([N+](=O)[O-])cc1[N+](=O)[O-]. The van der Waals surface area contributed by atoms with Crippen molar-refractivity contribution in [2.24, 2.45) is 0 Å². The number of nitrogens with zero attached hydrogens (tertiary/aromatic N) is 3. The third kappa shape index (κ3) is 4.16. The lowest BCUT2D eigenvalue weighted by Crippen LogP contribution is -2.24. The van der Waals surface area contributed by atoms with Crippen LogP contribution in [0.2, 0.25) is 0 Å². The van der Waals surface area contributed by atoms with Crippen molar-refractivity contribution in [3.63, 3.8) is 0 Å². The van der Waals surface area contributed by atoms with E-state index in [0.29, 0.717) is 24.6 Å². The van der Waals surface area contributed by atoms with Gasteiger partial charge in [-0.25, -0.2) is 0 Å². The summed E-state index contributed by atoms with van der Waals surface area (Å²) in [5, 5.41) is 21.9. The van der Waals surface area contributed by atoms with Gasteiger partial charge in [0, 0.05) is 13.1 Å². The lowest BCUT2D eigenvalue weighted by atomic mass is 10.2. The van der Waals surface area contributed by atoms with E-state index >= 15 is 0 Å². The van der Waals surface area contributed by atoms with Crippen molar-refractivity contribution in [1.29, 1.82) is 0 Å². The van der Waals surface area contributed by atoms with Crippen molar-refractivity contribution in [2.75, 3.05) is 25.1 Å². The molecule has 0 saturated carbocycles. The zero-order valence-electron chi connectivity index (χ0n) is 12.4. The van der Waals surface area contributed by atoms with Gasteiger partial charge in [-0.05, 0) is 18.2 Å². The molecule has 0 bridgehead atoms. The second-order valence-corrected chi connectivity index (χ2v) is 4.77. The van der Waals surface area contributed by atoms with E-state index in [1.54, 1.807) is 11.9 Å². The van der Waals surface area contributed by atoms with Gasteiger partial charge >= 0.3 is 0 Å². The van der Waals surface area contributed by atoms with Crippen LogP contribution in [0.25, 0.3) is 0 Å². The number of para-hydroxylation sites is 1. The van der Waals surface area contributed by atoms with Gasteiger partial charge in [-0.15, -0.1) is 0 Å². The fourth-order valence-corrected chi connectivity index (χ4v) is 2.03. The summed E-state index contributed by atoms with van der Waals surface area (Å²) in [6, 6.07) is 12.8. The Balaban J connectivity index is 2.07. The van der Waals surface area contributed by atoms with Crippen LogP contribution in [-0.2, 0) is 0 Å². The molecule has 0 fully saturated rings. The van der Waals surface area contributed by atoms with E-state index in [4.69, 9.17) is 4.74 Å². The maximum atomic E-state index is 11.1. The van der Waals surface area contributed by atoms with Gasteiger partial charge in [0.1, 0.15) is 18.0 Å². The summed E-state index contributed by atoms with van der Waals surface area (Å²) in [6.45, 7) is 0.724. The van der Waals surface area contributed by atoms with Gasteiger partial charge in [0.2, 0.25) is 0 Å². The topological polar surface area (TPSA) is 98.8 Å². The van der Waals surface area contributed by atoms with E-state index in [-0.39, 0.29) is 11.4 Å². The number of likely N-dealkylation sites (N-methyl/N-ethyl adjacent to an activating group) is 1. The molecule has 0 amide bonds. The van der Waals surface area contributed by atoms with Crippen LogP contribution in [0.15, 0.2) is 48.5 Å². The van der Waals surface area contributed by atoms with E-state index in [1.165, 1.54) is 12.1 Å². The van der Waals surface area contributed by atoms with Crippen molar-refractivity contribution < 1.29 is 14.6 Å². The van der Waals surface area contributed by atoms with E-state index in [0.717, 1.165) is 6.07 Å². The van der Waals surface area contributed by atoms with Crippen LogP contribution in [0.3, 0.4) is 0 Å². The first-order valence-corrected chi connectivity index (χ1v) is 6.81. The monoisotopic (exact) mass is 317 g/mol. The second kappa shape index (κ2) is 7.21. The van der Waals surface area contributed by atoms with Crippen molar-refractivity contribution in [2.45, 2.75) is 0 Å². The summed E-state index contributed by atoms with van der Waals surface area (Å²) >= 11 is 0. The maximum absolute atomic E-state index is 11.1. The molecule has 23 heavy (non-hydrogen) atoms. The Hall–Kier alpha value is -3.16. The Labute approximate surface area is 132 Å². The molecule has 2 rings (SSSR count). The molecule has 8 nitrogen and oxygen atoms in total. The van der Waals surface area contributed by atoms with Crippen LogP contribution in [0.5, 0.6) is 5.75 Å². The first kappa shape index (κ1) is 16.2.